The summed E-state index contributed by atoms with van der Waals surface area (Å²) in [5.41, 5.74) is -2.38. The number of rotatable bonds is 5. The van der Waals surface area contributed by atoms with E-state index in [-0.39, 0.29) is 23.6 Å². The number of halogens is 2. The molecule has 0 spiro atoms. The van der Waals surface area contributed by atoms with Gasteiger partial charge in [-0.25, -0.2) is 4.79 Å². The van der Waals surface area contributed by atoms with E-state index in [2.05, 4.69) is 0 Å². The lowest BCUT2D eigenvalue weighted by molar-refractivity contribution is -0.305. The van der Waals surface area contributed by atoms with Crippen LogP contribution in [-0.4, -0.2) is 65.6 Å². The van der Waals surface area contributed by atoms with E-state index in [0.29, 0.717) is 17.2 Å². The normalized spacial score (nSPS) is 39.0. The number of fused-ring (bicyclic) bond motifs is 1. The predicted molar refractivity (Wildman–Crippen MR) is 122 cm³/mol. The van der Waals surface area contributed by atoms with Crippen LogP contribution in [0.4, 0.5) is 0 Å². The Morgan fingerprint density at radius 1 is 1.24 bits per heavy atom. The molecule has 2 fully saturated rings. The summed E-state index contributed by atoms with van der Waals surface area (Å²) in [6.07, 6.45) is -2.49. The first-order chi connectivity index (χ1) is 15.8. The second-order valence-corrected chi connectivity index (χ2v) is 10.5. The summed E-state index contributed by atoms with van der Waals surface area (Å²) in [7, 11) is 0. The van der Waals surface area contributed by atoms with Crippen LogP contribution in [0.5, 0.6) is 0 Å². The highest BCUT2D eigenvalue weighted by atomic mass is 35.5. The fourth-order valence-corrected chi connectivity index (χ4v) is 5.84. The molecule has 2 aliphatic heterocycles. The maximum atomic E-state index is 13.0. The van der Waals surface area contributed by atoms with Gasteiger partial charge in [-0.2, -0.15) is 0 Å². The average Bonchev–Trinajstić information content (AvgIpc) is 3.50. The SMILES string of the molecule is CC(=O)O[C@@H]1C[C@@](C)(C2(C)CO2)[C@@]2(COC(=O)c3ccc(Cl)cc3Cl)[C@H](O)[C@H](O)C(C)=C[C@H]2O1. The van der Waals surface area contributed by atoms with E-state index in [1.165, 1.54) is 25.1 Å². The highest BCUT2D eigenvalue weighted by Gasteiger charge is 2.74. The largest absolute Gasteiger partial charge is 0.461 e. The minimum Gasteiger partial charge on any atom is -0.461 e. The molecule has 2 saturated heterocycles. The smallest absolute Gasteiger partial charge is 0.339 e. The standard InChI is InChI=1S/C24H28Cl2O8/c1-12-7-17-24(20(29)19(12)28,11-31-21(30)15-6-5-14(25)8-16(15)26)22(3,23(4)10-32-23)9-18(34-17)33-13(2)27/h5-8,17-20,28-29H,9-11H2,1-4H3/t17-,18+,19-,20-,22+,23?,24-/m1/s1. The summed E-state index contributed by atoms with van der Waals surface area (Å²) in [6, 6.07) is 4.41. The first-order valence-electron chi connectivity index (χ1n) is 11.0. The molecule has 8 nitrogen and oxygen atoms in total. The molecule has 7 atom stereocenters. The van der Waals surface area contributed by atoms with E-state index in [0.717, 1.165) is 0 Å². The Hall–Kier alpha value is -1.68. The first-order valence-corrected chi connectivity index (χ1v) is 11.7. The van der Waals surface area contributed by atoms with E-state index < -0.39 is 53.0 Å². The second-order valence-electron chi connectivity index (χ2n) is 9.69. The van der Waals surface area contributed by atoms with Gasteiger partial charge in [0.2, 0.25) is 6.29 Å². The van der Waals surface area contributed by atoms with Crippen molar-refractivity contribution in [2.75, 3.05) is 13.2 Å². The zero-order valence-electron chi connectivity index (χ0n) is 19.3. The number of benzene rings is 1. The van der Waals surface area contributed by atoms with Crippen molar-refractivity contribution in [3.63, 3.8) is 0 Å². The van der Waals surface area contributed by atoms with Crippen LogP contribution in [0.2, 0.25) is 10.0 Å². The third kappa shape index (κ3) is 3.94. The van der Waals surface area contributed by atoms with Crippen molar-refractivity contribution in [2.24, 2.45) is 10.8 Å². The lowest BCUT2D eigenvalue weighted by Gasteiger charge is -2.61. The maximum absolute atomic E-state index is 13.0. The Labute approximate surface area is 207 Å². The van der Waals surface area contributed by atoms with Crippen molar-refractivity contribution in [2.45, 2.75) is 64.3 Å². The van der Waals surface area contributed by atoms with Crippen LogP contribution in [0.25, 0.3) is 0 Å². The molecule has 1 aliphatic carbocycles. The summed E-state index contributed by atoms with van der Waals surface area (Å²) >= 11 is 12.1. The Morgan fingerprint density at radius 3 is 2.50 bits per heavy atom. The van der Waals surface area contributed by atoms with E-state index in [9.17, 15) is 19.8 Å². The van der Waals surface area contributed by atoms with Crippen LogP contribution in [0.3, 0.4) is 0 Å². The van der Waals surface area contributed by atoms with Crippen molar-refractivity contribution >= 4 is 35.1 Å². The van der Waals surface area contributed by atoms with Crippen molar-refractivity contribution < 1.29 is 38.7 Å². The molecule has 3 aliphatic rings. The van der Waals surface area contributed by atoms with Crippen molar-refractivity contribution in [3.8, 4) is 0 Å². The number of carbonyl (C=O) groups excluding carboxylic acids is 2. The molecule has 34 heavy (non-hydrogen) atoms. The quantitative estimate of drug-likeness (QED) is 0.349. The van der Waals surface area contributed by atoms with Gasteiger partial charge in [-0.1, -0.05) is 36.2 Å². The van der Waals surface area contributed by atoms with Gasteiger partial charge in [-0.3, -0.25) is 4.79 Å². The molecule has 10 heteroatoms. The van der Waals surface area contributed by atoms with Crippen molar-refractivity contribution in [3.05, 3.63) is 45.5 Å². The number of esters is 2. The van der Waals surface area contributed by atoms with Crippen LogP contribution >= 0.6 is 23.2 Å². The summed E-state index contributed by atoms with van der Waals surface area (Å²) in [5, 5.41) is 22.9. The molecule has 4 rings (SSSR count). The van der Waals surface area contributed by atoms with Gasteiger partial charge in [0.05, 0.1) is 40.4 Å². The number of hydrogen-bond donors (Lipinski definition) is 2. The minimum absolute atomic E-state index is 0.113. The van der Waals surface area contributed by atoms with E-state index in [1.54, 1.807) is 13.0 Å². The molecule has 1 aromatic carbocycles. The minimum atomic E-state index is -1.36. The van der Waals surface area contributed by atoms with E-state index in [4.69, 9.17) is 42.1 Å². The molecular formula is C24H28Cl2O8. The van der Waals surface area contributed by atoms with Crippen molar-refractivity contribution in [1.29, 1.82) is 0 Å². The molecule has 0 saturated carbocycles. The number of epoxide rings is 1. The Balaban J connectivity index is 1.76. The molecule has 0 aromatic heterocycles. The Morgan fingerprint density at radius 2 is 1.91 bits per heavy atom. The molecule has 0 radical (unpaired) electrons. The lowest BCUT2D eigenvalue weighted by Crippen LogP contribution is -2.71. The van der Waals surface area contributed by atoms with Crippen LogP contribution in [-0.2, 0) is 23.7 Å². The van der Waals surface area contributed by atoms with Gasteiger partial charge in [0.25, 0.3) is 0 Å². The number of carbonyl (C=O) groups is 2. The average molecular weight is 515 g/mol. The summed E-state index contributed by atoms with van der Waals surface area (Å²) < 4.78 is 23.0. The molecule has 0 bridgehead atoms. The third-order valence-corrected chi connectivity index (χ3v) is 8.30. The Bertz CT molecular complexity index is 1040. The molecular weight excluding hydrogens is 487 g/mol. The van der Waals surface area contributed by atoms with Crippen LogP contribution < -0.4 is 0 Å². The maximum Gasteiger partial charge on any atom is 0.339 e. The van der Waals surface area contributed by atoms with Crippen LogP contribution in [0.15, 0.2) is 29.8 Å². The van der Waals surface area contributed by atoms with Crippen LogP contribution in [0.1, 0.15) is 44.5 Å². The molecule has 186 valence electrons. The monoisotopic (exact) mass is 514 g/mol. The first kappa shape index (κ1) is 25.4. The van der Waals surface area contributed by atoms with Gasteiger partial charge in [0.1, 0.15) is 12.7 Å². The highest BCUT2D eigenvalue weighted by Crippen LogP contribution is 2.65. The zero-order valence-corrected chi connectivity index (χ0v) is 20.9. The number of ether oxygens (including phenoxy) is 4. The second kappa shape index (κ2) is 8.76. The van der Waals surface area contributed by atoms with E-state index >= 15 is 0 Å². The van der Waals surface area contributed by atoms with Crippen LogP contribution in [0, 0.1) is 10.8 Å². The Kier molecular flexibility index (Phi) is 6.55. The number of aliphatic hydroxyl groups excluding tert-OH is 2. The predicted octanol–water partition coefficient (Wildman–Crippen LogP) is 3.29. The lowest BCUT2D eigenvalue weighted by atomic mass is 9.49. The fraction of sp³-hybridized carbons (Fsp3) is 0.583. The van der Waals surface area contributed by atoms with Gasteiger partial charge in [0, 0.05) is 23.8 Å². The zero-order chi connectivity index (χ0) is 25.1. The number of hydrogen-bond acceptors (Lipinski definition) is 8. The van der Waals surface area contributed by atoms with Gasteiger partial charge in [-0.15, -0.1) is 0 Å². The van der Waals surface area contributed by atoms with Gasteiger partial charge in [0.15, 0.2) is 0 Å². The number of aliphatic hydroxyl groups is 2. The summed E-state index contributed by atoms with van der Waals surface area (Å²) in [4.78, 5) is 24.7. The molecule has 1 unspecified atom stereocenters. The van der Waals surface area contributed by atoms with Gasteiger partial charge in [-0.05, 0) is 37.6 Å². The molecule has 1 aromatic rings. The van der Waals surface area contributed by atoms with Gasteiger partial charge >= 0.3 is 11.9 Å². The molecule has 2 N–H and O–H groups in total. The third-order valence-electron chi connectivity index (χ3n) is 7.75. The summed E-state index contributed by atoms with van der Waals surface area (Å²) in [5.74, 6) is -1.23. The topological polar surface area (TPSA) is 115 Å². The van der Waals surface area contributed by atoms with E-state index in [1.807, 2.05) is 13.8 Å². The molecule has 0 amide bonds. The fourth-order valence-electron chi connectivity index (χ4n) is 5.36. The molecule has 2 heterocycles. The summed E-state index contributed by atoms with van der Waals surface area (Å²) in [6.45, 7) is 6.79. The van der Waals surface area contributed by atoms with Crippen molar-refractivity contribution in [1.82, 2.24) is 0 Å². The van der Waals surface area contributed by atoms with Gasteiger partial charge < -0.3 is 29.2 Å². The highest BCUT2D eigenvalue weighted by molar-refractivity contribution is 6.36.